The van der Waals surface area contributed by atoms with Gasteiger partial charge in [-0.05, 0) is 18.2 Å². The first-order chi connectivity index (χ1) is 10.2. The lowest BCUT2D eigenvalue weighted by Crippen LogP contribution is -1.93. The van der Waals surface area contributed by atoms with Crippen LogP contribution in [-0.2, 0) is 0 Å². The van der Waals surface area contributed by atoms with Crippen molar-refractivity contribution in [1.29, 1.82) is 0 Å². The monoisotopic (exact) mass is 302 g/mol. The highest BCUT2D eigenvalue weighted by Gasteiger charge is 2.15. The van der Waals surface area contributed by atoms with Crippen LogP contribution in [0.4, 0.5) is 8.78 Å². The minimum Gasteiger partial charge on any atom is -0.298 e. The molecule has 0 saturated carbocycles. The predicted molar refractivity (Wildman–Crippen MR) is 75.4 cm³/mol. The third-order valence-corrected chi connectivity index (χ3v) is 3.97. The van der Waals surface area contributed by atoms with Crippen LogP contribution in [0.1, 0.15) is 10.4 Å². The first-order valence-electron chi connectivity index (χ1n) is 6.01. The number of nitrogens with zero attached hydrogens (tertiary/aromatic N) is 2. The molecule has 0 aliphatic carbocycles. The van der Waals surface area contributed by atoms with Gasteiger partial charge >= 0.3 is 0 Å². The Morgan fingerprint density at radius 3 is 2.48 bits per heavy atom. The Hall–Kier alpha value is -2.34. The molecule has 0 radical (unpaired) electrons. The number of aldehydes is 1. The zero-order chi connectivity index (χ0) is 14.8. The molecule has 2 aromatic carbocycles. The number of hydrogen-bond donors (Lipinski definition) is 0. The fourth-order valence-corrected chi connectivity index (χ4v) is 2.79. The maximum absolute atomic E-state index is 13.9. The zero-order valence-electron chi connectivity index (χ0n) is 10.6. The number of rotatable bonds is 3. The molecule has 1 heterocycles. The van der Waals surface area contributed by atoms with Crippen molar-refractivity contribution >= 4 is 29.0 Å². The summed E-state index contributed by atoms with van der Waals surface area (Å²) < 4.78 is 27.8. The molecule has 6 heteroatoms. The summed E-state index contributed by atoms with van der Waals surface area (Å²) in [6, 6.07) is 9.21. The minimum absolute atomic E-state index is 0.0399. The fraction of sp³-hybridized carbons (Fsp3) is 0. The molecule has 0 unspecified atom stereocenters. The van der Waals surface area contributed by atoms with E-state index in [4.69, 9.17) is 0 Å². The van der Waals surface area contributed by atoms with E-state index >= 15 is 0 Å². The predicted octanol–water partition coefficient (Wildman–Crippen LogP) is 3.87. The molecule has 3 nitrogen and oxygen atoms in total. The maximum Gasteiger partial charge on any atom is 0.150 e. The summed E-state index contributed by atoms with van der Waals surface area (Å²) in [4.78, 5) is 18.6. The molecule has 1 aromatic heterocycles. The van der Waals surface area contributed by atoms with E-state index in [1.54, 1.807) is 18.2 Å². The lowest BCUT2D eigenvalue weighted by atomic mass is 10.2. The van der Waals surface area contributed by atoms with Crippen LogP contribution in [-0.4, -0.2) is 16.3 Å². The zero-order valence-corrected chi connectivity index (χ0v) is 11.4. The summed E-state index contributed by atoms with van der Waals surface area (Å²) >= 11 is 0.872. The van der Waals surface area contributed by atoms with Gasteiger partial charge < -0.3 is 0 Å². The van der Waals surface area contributed by atoms with Crippen molar-refractivity contribution in [2.75, 3.05) is 0 Å². The number of benzene rings is 2. The second-order valence-electron chi connectivity index (χ2n) is 4.23. The third kappa shape index (κ3) is 2.62. The fourth-order valence-electron chi connectivity index (χ4n) is 1.90. The maximum atomic E-state index is 13.9. The van der Waals surface area contributed by atoms with Crippen LogP contribution in [0.3, 0.4) is 0 Å². The van der Waals surface area contributed by atoms with Gasteiger partial charge in [0, 0.05) is 10.9 Å². The molecule has 0 spiro atoms. The SMILES string of the molecule is O=Cc1cc(F)c(Sc2ncnc3ccccc23)c(F)c1. The van der Waals surface area contributed by atoms with Gasteiger partial charge in [-0.2, -0.15) is 0 Å². The highest BCUT2D eigenvalue weighted by molar-refractivity contribution is 7.99. The summed E-state index contributed by atoms with van der Waals surface area (Å²) in [5.74, 6) is -1.57. The summed E-state index contributed by atoms with van der Waals surface area (Å²) in [7, 11) is 0. The van der Waals surface area contributed by atoms with Crippen molar-refractivity contribution in [1.82, 2.24) is 9.97 Å². The van der Waals surface area contributed by atoms with Crippen molar-refractivity contribution in [3.63, 3.8) is 0 Å². The summed E-state index contributed by atoms with van der Waals surface area (Å²) in [6.45, 7) is 0. The molecule has 0 N–H and O–H groups in total. The highest BCUT2D eigenvalue weighted by Crippen LogP contribution is 2.34. The number of halogens is 2. The average molecular weight is 302 g/mol. The topological polar surface area (TPSA) is 42.9 Å². The quantitative estimate of drug-likeness (QED) is 0.544. The Kier molecular flexibility index (Phi) is 3.62. The minimum atomic E-state index is -0.787. The van der Waals surface area contributed by atoms with Gasteiger partial charge in [0.15, 0.2) is 0 Å². The van der Waals surface area contributed by atoms with E-state index in [0.29, 0.717) is 22.2 Å². The first kappa shape index (κ1) is 13.6. The molecular formula is C15H8F2N2OS. The van der Waals surface area contributed by atoms with E-state index < -0.39 is 11.6 Å². The second-order valence-corrected chi connectivity index (χ2v) is 5.23. The van der Waals surface area contributed by atoms with E-state index in [1.165, 1.54) is 6.33 Å². The molecule has 0 amide bonds. The molecule has 0 bridgehead atoms. The Balaban J connectivity index is 2.09. The highest BCUT2D eigenvalue weighted by atomic mass is 32.2. The van der Waals surface area contributed by atoms with E-state index in [0.717, 1.165) is 23.9 Å². The van der Waals surface area contributed by atoms with E-state index in [2.05, 4.69) is 9.97 Å². The van der Waals surface area contributed by atoms with Gasteiger partial charge in [-0.15, -0.1) is 0 Å². The molecule has 0 fully saturated rings. The lowest BCUT2D eigenvalue weighted by Gasteiger charge is -2.07. The van der Waals surface area contributed by atoms with Gasteiger partial charge in [0.2, 0.25) is 0 Å². The van der Waals surface area contributed by atoms with Gasteiger partial charge in [-0.1, -0.05) is 30.0 Å². The molecule has 0 aliphatic rings. The van der Waals surface area contributed by atoms with Crippen LogP contribution in [0.15, 0.2) is 52.6 Å². The van der Waals surface area contributed by atoms with Crippen molar-refractivity contribution in [3.8, 4) is 0 Å². The molecule has 3 rings (SSSR count). The van der Waals surface area contributed by atoms with Crippen molar-refractivity contribution < 1.29 is 13.6 Å². The van der Waals surface area contributed by atoms with Crippen LogP contribution < -0.4 is 0 Å². The Bertz CT molecular complexity index is 811. The van der Waals surface area contributed by atoms with Gasteiger partial charge in [-0.3, -0.25) is 4.79 Å². The van der Waals surface area contributed by atoms with E-state index in [-0.39, 0.29) is 10.5 Å². The first-order valence-corrected chi connectivity index (χ1v) is 6.82. The summed E-state index contributed by atoms with van der Waals surface area (Å²) in [5.41, 5.74) is 0.655. The van der Waals surface area contributed by atoms with Crippen LogP contribution in [0.25, 0.3) is 10.9 Å². The normalized spacial score (nSPS) is 10.8. The molecule has 104 valence electrons. The number of fused-ring (bicyclic) bond motifs is 1. The number of aromatic nitrogens is 2. The van der Waals surface area contributed by atoms with Gasteiger partial charge in [0.05, 0.1) is 10.4 Å². The molecule has 0 saturated heterocycles. The molecule has 21 heavy (non-hydrogen) atoms. The summed E-state index contributed by atoms with van der Waals surface area (Å²) in [5, 5.41) is 1.17. The van der Waals surface area contributed by atoms with Crippen molar-refractivity contribution in [3.05, 3.63) is 59.9 Å². The Labute approximate surface area is 123 Å². The molecule has 0 atom stereocenters. The number of para-hydroxylation sites is 1. The number of carbonyl (C=O) groups is 1. The molecular weight excluding hydrogens is 294 g/mol. The molecule has 0 aliphatic heterocycles. The Morgan fingerprint density at radius 1 is 1.05 bits per heavy atom. The molecule has 3 aromatic rings. The lowest BCUT2D eigenvalue weighted by molar-refractivity contribution is 0.112. The third-order valence-electron chi connectivity index (χ3n) is 2.86. The van der Waals surface area contributed by atoms with Crippen molar-refractivity contribution in [2.45, 2.75) is 9.92 Å². The van der Waals surface area contributed by atoms with Gasteiger partial charge in [0.25, 0.3) is 0 Å². The Morgan fingerprint density at radius 2 is 1.76 bits per heavy atom. The number of carbonyl (C=O) groups excluding carboxylic acids is 1. The van der Waals surface area contributed by atoms with E-state index in [9.17, 15) is 13.6 Å². The van der Waals surface area contributed by atoms with Crippen LogP contribution in [0.2, 0.25) is 0 Å². The largest absolute Gasteiger partial charge is 0.298 e. The summed E-state index contributed by atoms with van der Waals surface area (Å²) in [6.07, 6.45) is 1.75. The van der Waals surface area contributed by atoms with Crippen LogP contribution in [0.5, 0.6) is 0 Å². The van der Waals surface area contributed by atoms with Gasteiger partial charge in [-0.25, -0.2) is 18.7 Å². The van der Waals surface area contributed by atoms with Crippen molar-refractivity contribution in [2.24, 2.45) is 0 Å². The van der Waals surface area contributed by atoms with E-state index in [1.807, 2.05) is 6.07 Å². The van der Waals surface area contributed by atoms with Crippen LogP contribution in [0, 0.1) is 11.6 Å². The van der Waals surface area contributed by atoms with Gasteiger partial charge in [0.1, 0.15) is 29.3 Å². The smallest absolute Gasteiger partial charge is 0.150 e. The second kappa shape index (κ2) is 5.57. The standard InChI is InChI=1S/C15H8F2N2OS/c16-11-5-9(7-20)6-12(17)14(11)21-15-10-3-1-2-4-13(10)18-8-19-15/h1-8H. The van der Waals surface area contributed by atoms with Crippen LogP contribution >= 0.6 is 11.8 Å². The number of hydrogen-bond acceptors (Lipinski definition) is 4. The average Bonchev–Trinajstić information content (AvgIpc) is 2.50.